The molecule has 0 bridgehead atoms. The van der Waals surface area contributed by atoms with Gasteiger partial charge in [0.15, 0.2) is 11.6 Å². The van der Waals surface area contributed by atoms with Crippen LogP contribution < -0.4 is 26.0 Å². The summed E-state index contributed by atoms with van der Waals surface area (Å²) in [5.41, 5.74) is 6.91. The minimum atomic E-state index is -3.02. The molecule has 13 heteroatoms. The number of carbonyl (C=O) groups excluding carboxylic acids is 1. The van der Waals surface area contributed by atoms with E-state index in [1.165, 1.54) is 17.5 Å². The molecule has 1 saturated heterocycles. The van der Waals surface area contributed by atoms with Crippen molar-refractivity contribution < 1.29 is 18.3 Å². The lowest BCUT2D eigenvalue weighted by atomic mass is 9.98. The Morgan fingerprint density at radius 1 is 1.26 bits per heavy atom. The maximum atomic E-state index is 13.4. The van der Waals surface area contributed by atoms with Gasteiger partial charge in [-0.3, -0.25) is 9.69 Å². The molecule has 1 aliphatic rings. The average molecular weight is 580 g/mol. The summed E-state index contributed by atoms with van der Waals surface area (Å²) in [6.07, 6.45) is 1.36. The first kappa shape index (κ1) is 28.8. The van der Waals surface area contributed by atoms with Crippen LogP contribution in [0.5, 0.6) is 5.75 Å². The van der Waals surface area contributed by atoms with Crippen molar-refractivity contribution in [3.63, 3.8) is 0 Å². The zero-order chi connectivity index (χ0) is 28.4. The van der Waals surface area contributed by atoms with Gasteiger partial charge in [0.25, 0.3) is 5.91 Å². The molecule has 0 aliphatic carbocycles. The largest absolute Gasteiger partial charge is 0.433 e. The lowest BCUT2D eigenvalue weighted by Crippen LogP contribution is -2.41. The van der Waals surface area contributed by atoms with Gasteiger partial charge in [-0.25, -0.2) is 4.98 Å². The Morgan fingerprint density at radius 2 is 2.00 bits per heavy atom. The third-order valence-electron chi connectivity index (χ3n) is 7.23. The molecule has 0 spiro atoms. The SMILES string of the molecule is CC(C)N(C)[C@H]1CN(c2ccc(Nc3ncc(Cl)c(Nc4ccsc4C(N)=O)n3)c(OC(F)F)c2)[C@@H](C)[C@H]1C. The standard InChI is InChI=1S/C26H32ClF2N7O2S/c1-13(2)35(5)20-12-36(15(4)14(20)3)16-6-7-18(21(10-16)38-25(28)29)33-26-31-11-17(27)24(34-26)32-19-8-9-39-22(19)23(30)37/h6-11,13-15,20,25H,12H2,1-5H3,(H2,30,37)(H2,31,32,33,34)/t14-,15+,20+/m1/s1. The van der Waals surface area contributed by atoms with E-state index in [4.69, 9.17) is 22.1 Å². The number of nitrogens with two attached hydrogens (primary N) is 1. The summed E-state index contributed by atoms with van der Waals surface area (Å²) in [4.78, 5) is 25.1. The van der Waals surface area contributed by atoms with Crippen LogP contribution in [0.2, 0.25) is 5.02 Å². The number of carbonyl (C=O) groups is 1. The molecule has 0 unspecified atom stereocenters. The van der Waals surface area contributed by atoms with Gasteiger partial charge in [-0.1, -0.05) is 18.5 Å². The molecule has 2 aromatic heterocycles. The van der Waals surface area contributed by atoms with Crippen LogP contribution in [-0.2, 0) is 0 Å². The summed E-state index contributed by atoms with van der Waals surface area (Å²) in [5, 5.41) is 7.82. The first-order valence-corrected chi connectivity index (χ1v) is 13.7. The summed E-state index contributed by atoms with van der Waals surface area (Å²) in [7, 11) is 2.11. The highest BCUT2D eigenvalue weighted by molar-refractivity contribution is 7.12. The van der Waals surface area contributed by atoms with Gasteiger partial charge in [-0.15, -0.1) is 11.3 Å². The molecule has 0 radical (unpaired) electrons. The Hall–Kier alpha value is -3.22. The van der Waals surface area contributed by atoms with E-state index < -0.39 is 12.5 Å². The van der Waals surface area contributed by atoms with Crippen LogP contribution in [0.15, 0.2) is 35.8 Å². The fourth-order valence-corrected chi connectivity index (χ4v) is 5.55. The highest BCUT2D eigenvalue weighted by atomic mass is 35.5. The van der Waals surface area contributed by atoms with Crippen molar-refractivity contribution >= 4 is 57.7 Å². The van der Waals surface area contributed by atoms with Crippen molar-refractivity contribution in [2.24, 2.45) is 11.7 Å². The van der Waals surface area contributed by atoms with Gasteiger partial charge in [0.05, 0.1) is 17.6 Å². The number of rotatable bonds is 10. The van der Waals surface area contributed by atoms with Crippen molar-refractivity contribution in [3.05, 3.63) is 45.7 Å². The van der Waals surface area contributed by atoms with Gasteiger partial charge in [-0.05, 0) is 57.3 Å². The first-order valence-electron chi connectivity index (χ1n) is 12.5. The molecule has 39 heavy (non-hydrogen) atoms. The minimum Gasteiger partial charge on any atom is -0.433 e. The normalized spacial score (nSPS) is 19.3. The third kappa shape index (κ3) is 6.34. The number of halogens is 3. The highest BCUT2D eigenvalue weighted by Gasteiger charge is 2.39. The summed E-state index contributed by atoms with van der Waals surface area (Å²) in [6, 6.07) is 7.71. The maximum absolute atomic E-state index is 13.4. The fourth-order valence-electron chi connectivity index (χ4n) is 4.71. The lowest BCUT2D eigenvalue weighted by molar-refractivity contribution is -0.0493. The monoisotopic (exact) mass is 579 g/mol. The van der Waals surface area contributed by atoms with Crippen LogP contribution in [0.4, 0.5) is 37.6 Å². The molecule has 3 heterocycles. The topological polar surface area (TPSA) is 109 Å². The van der Waals surface area contributed by atoms with Crippen LogP contribution in [0.25, 0.3) is 0 Å². The molecular formula is C26H32ClF2N7O2S. The van der Waals surface area contributed by atoms with Crippen LogP contribution in [0, 0.1) is 5.92 Å². The van der Waals surface area contributed by atoms with E-state index in [2.05, 4.69) is 65.1 Å². The van der Waals surface area contributed by atoms with Gasteiger partial charge < -0.3 is 26.0 Å². The van der Waals surface area contributed by atoms with Crippen molar-refractivity contribution in [1.29, 1.82) is 0 Å². The summed E-state index contributed by atoms with van der Waals surface area (Å²) < 4.78 is 31.7. The lowest BCUT2D eigenvalue weighted by Gasteiger charge is -2.31. The molecule has 1 aromatic carbocycles. The minimum absolute atomic E-state index is 0.0371. The molecule has 1 fully saturated rings. The van der Waals surface area contributed by atoms with Crippen LogP contribution in [0.3, 0.4) is 0 Å². The Labute approximate surface area is 235 Å². The number of hydrogen-bond acceptors (Lipinski definition) is 9. The molecule has 4 rings (SSSR count). The van der Waals surface area contributed by atoms with E-state index in [9.17, 15) is 13.6 Å². The number of alkyl halides is 2. The van der Waals surface area contributed by atoms with Gasteiger partial charge in [0.1, 0.15) is 9.90 Å². The van der Waals surface area contributed by atoms with Crippen molar-refractivity contribution in [1.82, 2.24) is 14.9 Å². The smallest absolute Gasteiger partial charge is 0.387 e. The van der Waals surface area contributed by atoms with E-state index in [1.54, 1.807) is 23.6 Å². The second-order valence-electron chi connectivity index (χ2n) is 9.81. The van der Waals surface area contributed by atoms with Gasteiger partial charge >= 0.3 is 6.61 Å². The molecule has 1 amide bonds. The fraction of sp³-hybridized carbons (Fsp3) is 0.423. The number of primary amides is 1. The van der Waals surface area contributed by atoms with Gasteiger partial charge in [0, 0.05) is 36.4 Å². The van der Waals surface area contributed by atoms with Crippen LogP contribution in [0.1, 0.15) is 37.4 Å². The first-order chi connectivity index (χ1) is 18.5. The van der Waals surface area contributed by atoms with E-state index in [0.29, 0.717) is 28.6 Å². The number of amides is 1. The number of thiophene rings is 1. The molecular weight excluding hydrogens is 548 g/mol. The van der Waals surface area contributed by atoms with E-state index in [1.807, 2.05) is 6.07 Å². The molecule has 0 saturated carbocycles. The van der Waals surface area contributed by atoms with Crippen molar-refractivity contribution in [3.8, 4) is 5.75 Å². The zero-order valence-electron chi connectivity index (χ0n) is 22.3. The number of benzene rings is 1. The molecule has 4 N–H and O–H groups in total. The quantitative estimate of drug-likeness (QED) is 0.271. The second-order valence-corrected chi connectivity index (χ2v) is 11.1. The predicted molar refractivity (Wildman–Crippen MR) is 152 cm³/mol. The van der Waals surface area contributed by atoms with Crippen molar-refractivity contribution in [2.75, 3.05) is 29.1 Å². The van der Waals surface area contributed by atoms with E-state index in [0.717, 1.165) is 12.2 Å². The Bertz CT molecular complexity index is 1330. The molecule has 210 valence electrons. The molecule has 9 nitrogen and oxygen atoms in total. The summed E-state index contributed by atoms with van der Waals surface area (Å²) >= 11 is 7.44. The number of anilines is 5. The number of likely N-dealkylation sites (N-methyl/N-ethyl adjacent to an activating group) is 1. The van der Waals surface area contributed by atoms with Gasteiger partial charge in [-0.2, -0.15) is 13.8 Å². The van der Waals surface area contributed by atoms with Crippen LogP contribution >= 0.6 is 22.9 Å². The Kier molecular flexibility index (Phi) is 8.77. The maximum Gasteiger partial charge on any atom is 0.387 e. The molecule has 1 aliphatic heterocycles. The second kappa shape index (κ2) is 11.9. The zero-order valence-corrected chi connectivity index (χ0v) is 23.9. The summed E-state index contributed by atoms with van der Waals surface area (Å²) in [6.45, 7) is 6.42. The predicted octanol–water partition coefficient (Wildman–Crippen LogP) is 5.93. The third-order valence-corrected chi connectivity index (χ3v) is 8.43. The summed E-state index contributed by atoms with van der Waals surface area (Å²) in [5.74, 6) is 0.0506. The Balaban J connectivity index is 1.60. The highest BCUT2D eigenvalue weighted by Crippen LogP contribution is 2.38. The van der Waals surface area contributed by atoms with E-state index >= 15 is 0 Å². The number of ether oxygens (including phenoxy) is 1. The van der Waals surface area contributed by atoms with Gasteiger partial charge in [0.2, 0.25) is 5.95 Å². The number of nitrogens with zero attached hydrogens (tertiary/aromatic N) is 4. The van der Waals surface area contributed by atoms with Crippen LogP contribution in [-0.4, -0.2) is 59.1 Å². The number of nitrogens with one attached hydrogen (secondary N) is 2. The molecule has 3 atom stereocenters. The Morgan fingerprint density at radius 3 is 2.67 bits per heavy atom. The van der Waals surface area contributed by atoms with E-state index in [-0.39, 0.29) is 34.3 Å². The number of aromatic nitrogens is 2. The van der Waals surface area contributed by atoms with Crippen molar-refractivity contribution in [2.45, 2.75) is 52.4 Å². The number of hydrogen-bond donors (Lipinski definition) is 3. The molecule has 3 aromatic rings. The average Bonchev–Trinajstić information content (AvgIpc) is 3.46.